The van der Waals surface area contributed by atoms with Crippen LogP contribution >= 0.6 is 0 Å². The van der Waals surface area contributed by atoms with E-state index >= 15 is 0 Å². The van der Waals surface area contributed by atoms with Gasteiger partial charge in [-0.05, 0) is 36.3 Å². The molecule has 1 aromatic rings. The van der Waals surface area contributed by atoms with Crippen LogP contribution in [0.3, 0.4) is 0 Å². The molecule has 1 saturated carbocycles. The predicted octanol–water partition coefficient (Wildman–Crippen LogP) is 1.57. The van der Waals surface area contributed by atoms with E-state index in [0.717, 1.165) is 19.5 Å². The van der Waals surface area contributed by atoms with Gasteiger partial charge in [-0.25, -0.2) is 0 Å². The molecule has 1 N–H and O–H groups in total. The van der Waals surface area contributed by atoms with Crippen LogP contribution in [0.2, 0.25) is 0 Å². The first kappa shape index (κ1) is 13.2. The highest BCUT2D eigenvalue weighted by Gasteiger charge is 2.31. The predicted molar refractivity (Wildman–Crippen MR) is 78.9 cm³/mol. The topological polar surface area (TPSA) is 32.3 Å². The number of nitrogens with zero attached hydrogens (tertiary/aromatic N) is 1. The lowest BCUT2D eigenvalue weighted by Crippen LogP contribution is -2.50. The maximum atomic E-state index is 12.6. The second-order valence-corrected chi connectivity index (χ2v) is 5.77. The van der Waals surface area contributed by atoms with Gasteiger partial charge in [-0.2, -0.15) is 0 Å². The smallest absolute Gasteiger partial charge is 0.240 e. The summed E-state index contributed by atoms with van der Waals surface area (Å²) in [4.78, 5) is 14.5. The van der Waals surface area contributed by atoms with Gasteiger partial charge in [0.25, 0.3) is 0 Å². The number of benzene rings is 1. The number of rotatable bonds is 4. The van der Waals surface area contributed by atoms with E-state index < -0.39 is 0 Å². The number of hydrogen-bond donors (Lipinski definition) is 1. The number of amides is 1. The van der Waals surface area contributed by atoms with Crippen molar-refractivity contribution in [3.05, 3.63) is 35.4 Å². The van der Waals surface area contributed by atoms with Crippen LogP contribution in [0.25, 0.3) is 0 Å². The van der Waals surface area contributed by atoms with Crippen molar-refractivity contribution in [1.82, 2.24) is 10.2 Å². The second kappa shape index (κ2) is 5.68. The summed E-state index contributed by atoms with van der Waals surface area (Å²) in [7, 11) is 0. The Morgan fingerprint density at radius 3 is 2.80 bits per heavy atom. The van der Waals surface area contributed by atoms with Gasteiger partial charge in [0.1, 0.15) is 0 Å². The molecule has 0 spiro atoms. The summed E-state index contributed by atoms with van der Waals surface area (Å²) < 4.78 is 0. The Balaban J connectivity index is 1.69. The lowest BCUT2D eigenvalue weighted by atomic mass is 9.95. The van der Waals surface area contributed by atoms with Crippen molar-refractivity contribution in [2.24, 2.45) is 5.92 Å². The molecule has 0 saturated heterocycles. The molecule has 0 unspecified atom stereocenters. The number of hydrogen-bond acceptors (Lipinski definition) is 2. The normalized spacial score (nSPS) is 20.9. The summed E-state index contributed by atoms with van der Waals surface area (Å²) in [6.07, 6.45) is 8.63. The van der Waals surface area contributed by atoms with Gasteiger partial charge in [-0.15, -0.1) is 6.42 Å². The molecule has 0 aromatic heterocycles. The van der Waals surface area contributed by atoms with Crippen molar-refractivity contribution in [2.45, 2.75) is 31.8 Å². The van der Waals surface area contributed by atoms with Crippen molar-refractivity contribution in [1.29, 1.82) is 0 Å². The fourth-order valence-electron chi connectivity index (χ4n) is 2.80. The van der Waals surface area contributed by atoms with Crippen LogP contribution in [-0.4, -0.2) is 29.9 Å². The molecule has 1 aliphatic heterocycles. The molecule has 1 aromatic carbocycles. The third kappa shape index (κ3) is 2.86. The van der Waals surface area contributed by atoms with Gasteiger partial charge >= 0.3 is 0 Å². The lowest BCUT2D eigenvalue weighted by molar-refractivity contribution is -0.133. The first-order valence-electron chi connectivity index (χ1n) is 7.30. The minimum Gasteiger partial charge on any atom is -0.330 e. The molecular weight excluding hydrogens is 248 g/mol. The molecule has 1 atom stereocenters. The molecule has 1 amide bonds. The van der Waals surface area contributed by atoms with E-state index in [1.165, 1.54) is 24.0 Å². The second-order valence-electron chi connectivity index (χ2n) is 5.77. The molecule has 3 rings (SSSR count). The SMILES string of the molecule is C#CCN(CC1CC1)C(=O)[C@H]1Cc2ccccc2CN1. The molecule has 1 fully saturated rings. The molecule has 0 bridgehead atoms. The van der Waals surface area contributed by atoms with Crippen LogP contribution in [0.4, 0.5) is 0 Å². The Labute approximate surface area is 120 Å². The molecule has 2 aliphatic rings. The van der Waals surface area contributed by atoms with E-state index in [-0.39, 0.29) is 11.9 Å². The van der Waals surface area contributed by atoms with Gasteiger partial charge in [0, 0.05) is 13.1 Å². The van der Waals surface area contributed by atoms with Crippen molar-refractivity contribution < 1.29 is 4.79 Å². The average Bonchev–Trinajstić information content (AvgIpc) is 3.29. The Bertz CT molecular complexity index is 542. The van der Waals surface area contributed by atoms with Crippen LogP contribution in [-0.2, 0) is 17.8 Å². The van der Waals surface area contributed by atoms with E-state index in [1.54, 1.807) is 0 Å². The fourth-order valence-corrected chi connectivity index (χ4v) is 2.80. The standard InChI is InChI=1S/C17H20N2O/c1-2-9-19(12-13-7-8-13)17(20)16-10-14-5-3-4-6-15(14)11-18-16/h1,3-6,13,16,18H,7-12H2/t16-/m1/s1. The summed E-state index contributed by atoms with van der Waals surface area (Å²) in [5.74, 6) is 3.44. The maximum absolute atomic E-state index is 12.6. The van der Waals surface area contributed by atoms with Gasteiger partial charge in [0.05, 0.1) is 12.6 Å². The molecular formula is C17H20N2O. The monoisotopic (exact) mass is 268 g/mol. The highest BCUT2D eigenvalue weighted by atomic mass is 16.2. The van der Waals surface area contributed by atoms with Gasteiger partial charge in [-0.3, -0.25) is 4.79 Å². The molecule has 1 heterocycles. The minimum atomic E-state index is -0.128. The lowest BCUT2D eigenvalue weighted by Gasteiger charge is -2.30. The Morgan fingerprint density at radius 2 is 2.10 bits per heavy atom. The van der Waals surface area contributed by atoms with E-state index in [0.29, 0.717) is 12.5 Å². The summed E-state index contributed by atoms with van der Waals surface area (Å²) >= 11 is 0. The molecule has 20 heavy (non-hydrogen) atoms. The van der Waals surface area contributed by atoms with Gasteiger partial charge in [0.2, 0.25) is 5.91 Å². The molecule has 3 nitrogen and oxygen atoms in total. The quantitative estimate of drug-likeness (QED) is 0.841. The Morgan fingerprint density at radius 1 is 1.35 bits per heavy atom. The van der Waals surface area contributed by atoms with Crippen molar-refractivity contribution >= 4 is 5.91 Å². The Hall–Kier alpha value is -1.79. The highest BCUT2D eigenvalue weighted by molar-refractivity contribution is 5.83. The fraction of sp³-hybridized carbons (Fsp3) is 0.471. The van der Waals surface area contributed by atoms with Gasteiger partial charge < -0.3 is 10.2 Å². The summed E-state index contributed by atoms with van der Waals surface area (Å²) in [6.45, 7) is 2.01. The number of terminal acetylenes is 1. The number of carbonyl (C=O) groups is 1. The number of fused-ring (bicyclic) bond motifs is 1. The van der Waals surface area contributed by atoms with Crippen LogP contribution in [0.15, 0.2) is 24.3 Å². The molecule has 0 radical (unpaired) electrons. The maximum Gasteiger partial charge on any atom is 0.240 e. The largest absolute Gasteiger partial charge is 0.330 e. The zero-order valence-electron chi connectivity index (χ0n) is 11.6. The van der Waals surface area contributed by atoms with Crippen LogP contribution in [0.5, 0.6) is 0 Å². The summed E-state index contributed by atoms with van der Waals surface area (Å²) in [5.41, 5.74) is 2.57. The van der Waals surface area contributed by atoms with E-state index in [2.05, 4.69) is 23.4 Å². The zero-order valence-corrected chi connectivity index (χ0v) is 11.6. The van der Waals surface area contributed by atoms with Crippen LogP contribution < -0.4 is 5.32 Å². The average molecular weight is 268 g/mol. The molecule has 1 aliphatic carbocycles. The third-order valence-corrected chi connectivity index (χ3v) is 4.15. The summed E-state index contributed by atoms with van der Waals surface area (Å²) in [6, 6.07) is 8.18. The molecule has 3 heteroatoms. The zero-order chi connectivity index (χ0) is 13.9. The highest BCUT2D eigenvalue weighted by Crippen LogP contribution is 2.30. The first-order chi connectivity index (χ1) is 9.78. The molecule has 104 valence electrons. The van der Waals surface area contributed by atoms with E-state index in [1.807, 2.05) is 17.0 Å². The van der Waals surface area contributed by atoms with Crippen LogP contribution in [0.1, 0.15) is 24.0 Å². The van der Waals surface area contributed by atoms with E-state index in [4.69, 9.17) is 6.42 Å². The van der Waals surface area contributed by atoms with Crippen molar-refractivity contribution in [3.8, 4) is 12.3 Å². The third-order valence-electron chi connectivity index (χ3n) is 4.15. The summed E-state index contributed by atoms with van der Waals surface area (Å²) in [5, 5.41) is 3.35. The van der Waals surface area contributed by atoms with E-state index in [9.17, 15) is 4.79 Å². The van der Waals surface area contributed by atoms with Gasteiger partial charge in [0.15, 0.2) is 0 Å². The Kier molecular flexibility index (Phi) is 3.75. The minimum absolute atomic E-state index is 0.128. The van der Waals surface area contributed by atoms with Crippen LogP contribution in [0, 0.1) is 18.3 Å². The first-order valence-corrected chi connectivity index (χ1v) is 7.30. The number of carbonyl (C=O) groups excluding carboxylic acids is 1. The van der Waals surface area contributed by atoms with Gasteiger partial charge in [-0.1, -0.05) is 30.2 Å². The number of nitrogens with one attached hydrogen (secondary N) is 1. The van der Waals surface area contributed by atoms with Crippen molar-refractivity contribution in [2.75, 3.05) is 13.1 Å². The van der Waals surface area contributed by atoms with Crippen molar-refractivity contribution in [3.63, 3.8) is 0 Å².